The third-order valence-corrected chi connectivity index (χ3v) is 3.37. The predicted molar refractivity (Wildman–Crippen MR) is 60.0 cm³/mol. The summed E-state index contributed by atoms with van der Waals surface area (Å²) in [6.45, 7) is 3.96. The molecule has 0 bridgehead atoms. The van der Waals surface area contributed by atoms with Crippen LogP contribution < -0.4 is 10.6 Å². The van der Waals surface area contributed by atoms with Gasteiger partial charge in [-0.1, -0.05) is 0 Å². The van der Waals surface area contributed by atoms with Gasteiger partial charge in [-0.3, -0.25) is 0 Å². The number of rotatable bonds is 3. The molecule has 0 aromatic carbocycles. The summed E-state index contributed by atoms with van der Waals surface area (Å²) in [5.74, 6) is 0. The number of urea groups is 1. The second kappa shape index (κ2) is 4.18. The standard InChI is InChI=1S/C10H15N3OS/c1-6-5-11-9(15-6)7(2)12-10(14)13-8-3-4-8/h5,7-8H,3-4H2,1-2H3,(H2,12,13,14). The molecule has 1 atom stereocenters. The number of nitrogens with zero attached hydrogens (tertiary/aromatic N) is 1. The molecular formula is C10H15N3OS. The van der Waals surface area contributed by atoms with E-state index < -0.39 is 0 Å². The second-order valence-electron chi connectivity index (χ2n) is 3.92. The van der Waals surface area contributed by atoms with E-state index in [1.807, 2.05) is 20.0 Å². The zero-order chi connectivity index (χ0) is 10.8. The van der Waals surface area contributed by atoms with E-state index in [2.05, 4.69) is 15.6 Å². The first-order chi connectivity index (χ1) is 7.15. The topological polar surface area (TPSA) is 54.0 Å². The van der Waals surface area contributed by atoms with Gasteiger partial charge in [0.15, 0.2) is 0 Å². The zero-order valence-corrected chi connectivity index (χ0v) is 9.73. The van der Waals surface area contributed by atoms with Gasteiger partial charge in [-0.2, -0.15) is 0 Å². The molecule has 1 aromatic rings. The van der Waals surface area contributed by atoms with E-state index in [1.54, 1.807) is 11.3 Å². The summed E-state index contributed by atoms with van der Waals surface area (Å²) in [6.07, 6.45) is 4.05. The van der Waals surface area contributed by atoms with Crippen LogP contribution in [0.3, 0.4) is 0 Å². The van der Waals surface area contributed by atoms with Crippen LogP contribution in [0.2, 0.25) is 0 Å². The minimum Gasteiger partial charge on any atom is -0.335 e. The van der Waals surface area contributed by atoms with E-state index in [9.17, 15) is 4.79 Å². The zero-order valence-electron chi connectivity index (χ0n) is 8.91. The Morgan fingerprint density at radius 1 is 1.67 bits per heavy atom. The average molecular weight is 225 g/mol. The van der Waals surface area contributed by atoms with Crippen molar-refractivity contribution in [1.29, 1.82) is 0 Å². The highest BCUT2D eigenvalue weighted by Gasteiger charge is 2.24. The van der Waals surface area contributed by atoms with Crippen molar-refractivity contribution in [2.75, 3.05) is 0 Å². The van der Waals surface area contributed by atoms with Crippen LogP contribution in [0.1, 0.15) is 35.7 Å². The van der Waals surface area contributed by atoms with Crippen LogP contribution in [0.4, 0.5) is 4.79 Å². The summed E-state index contributed by atoms with van der Waals surface area (Å²) >= 11 is 1.62. The van der Waals surface area contributed by atoms with E-state index in [0.29, 0.717) is 6.04 Å². The molecule has 1 unspecified atom stereocenters. The number of hydrogen-bond acceptors (Lipinski definition) is 3. The van der Waals surface area contributed by atoms with Crippen molar-refractivity contribution in [2.24, 2.45) is 0 Å². The normalized spacial score (nSPS) is 17.2. The Balaban J connectivity index is 1.85. The minimum atomic E-state index is -0.0853. The molecule has 1 aromatic heterocycles. The van der Waals surface area contributed by atoms with Crippen molar-refractivity contribution >= 4 is 17.4 Å². The van der Waals surface area contributed by atoms with E-state index in [4.69, 9.17) is 0 Å². The maximum atomic E-state index is 11.4. The Labute approximate surface area is 93.1 Å². The van der Waals surface area contributed by atoms with Crippen molar-refractivity contribution < 1.29 is 4.79 Å². The minimum absolute atomic E-state index is 0.0116. The molecule has 1 aliphatic carbocycles. The Morgan fingerprint density at radius 2 is 2.40 bits per heavy atom. The van der Waals surface area contributed by atoms with E-state index in [-0.39, 0.29) is 12.1 Å². The van der Waals surface area contributed by atoms with Crippen molar-refractivity contribution in [3.05, 3.63) is 16.1 Å². The van der Waals surface area contributed by atoms with Crippen LogP contribution in [-0.4, -0.2) is 17.1 Å². The average Bonchev–Trinajstić information content (AvgIpc) is 2.85. The molecule has 0 aliphatic heterocycles. The first-order valence-electron chi connectivity index (χ1n) is 5.14. The Hall–Kier alpha value is -1.10. The fourth-order valence-electron chi connectivity index (χ4n) is 1.29. The Morgan fingerprint density at radius 3 is 2.93 bits per heavy atom. The highest BCUT2D eigenvalue weighted by Crippen LogP contribution is 2.20. The molecule has 5 heteroatoms. The van der Waals surface area contributed by atoms with Gasteiger partial charge in [-0.25, -0.2) is 9.78 Å². The smallest absolute Gasteiger partial charge is 0.315 e. The van der Waals surface area contributed by atoms with E-state index in [0.717, 1.165) is 17.8 Å². The maximum absolute atomic E-state index is 11.4. The van der Waals surface area contributed by atoms with Gasteiger partial charge >= 0.3 is 6.03 Å². The van der Waals surface area contributed by atoms with Crippen LogP contribution in [0, 0.1) is 6.92 Å². The van der Waals surface area contributed by atoms with Crippen molar-refractivity contribution in [3.8, 4) is 0 Å². The number of aryl methyl sites for hydroxylation is 1. The SMILES string of the molecule is Cc1cnc(C(C)NC(=O)NC2CC2)s1. The van der Waals surface area contributed by atoms with Gasteiger partial charge in [-0.05, 0) is 26.7 Å². The summed E-state index contributed by atoms with van der Waals surface area (Å²) < 4.78 is 0. The summed E-state index contributed by atoms with van der Waals surface area (Å²) in [7, 11) is 0. The van der Waals surface area contributed by atoms with Crippen molar-refractivity contribution in [3.63, 3.8) is 0 Å². The molecular weight excluding hydrogens is 210 g/mol. The predicted octanol–water partition coefficient (Wildman–Crippen LogP) is 1.97. The van der Waals surface area contributed by atoms with Crippen LogP contribution in [0.15, 0.2) is 6.20 Å². The number of carbonyl (C=O) groups is 1. The van der Waals surface area contributed by atoms with Crippen LogP contribution >= 0.6 is 11.3 Å². The second-order valence-corrected chi connectivity index (χ2v) is 5.19. The summed E-state index contributed by atoms with van der Waals surface area (Å²) in [5, 5.41) is 6.72. The van der Waals surface area contributed by atoms with Crippen molar-refractivity contribution in [2.45, 2.75) is 38.8 Å². The van der Waals surface area contributed by atoms with Gasteiger partial charge in [0.25, 0.3) is 0 Å². The Bertz CT molecular complexity index is 359. The molecule has 2 rings (SSSR count). The van der Waals surface area contributed by atoms with Crippen molar-refractivity contribution in [1.82, 2.24) is 15.6 Å². The highest BCUT2D eigenvalue weighted by atomic mass is 32.1. The lowest BCUT2D eigenvalue weighted by molar-refractivity contribution is 0.237. The van der Waals surface area contributed by atoms with Gasteiger partial charge in [0.05, 0.1) is 6.04 Å². The number of thiazole rings is 1. The largest absolute Gasteiger partial charge is 0.335 e. The molecule has 1 aliphatic rings. The van der Waals surface area contributed by atoms with Crippen LogP contribution in [0.25, 0.3) is 0 Å². The molecule has 0 radical (unpaired) electrons. The van der Waals surface area contributed by atoms with Crippen LogP contribution in [-0.2, 0) is 0 Å². The van der Waals surface area contributed by atoms with Gasteiger partial charge in [-0.15, -0.1) is 11.3 Å². The molecule has 4 nitrogen and oxygen atoms in total. The molecule has 2 N–H and O–H groups in total. The van der Waals surface area contributed by atoms with Crippen LogP contribution in [0.5, 0.6) is 0 Å². The monoisotopic (exact) mass is 225 g/mol. The lowest BCUT2D eigenvalue weighted by atomic mass is 10.3. The number of aromatic nitrogens is 1. The molecule has 1 heterocycles. The number of nitrogens with one attached hydrogen (secondary N) is 2. The molecule has 1 fully saturated rings. The van der Waals surface area contributed by atoms with Gasteiger partial charge in [0.2, 0.25) is 0 Å². The molecule has 0 spiro atoms. The lowest BCUT2D eigenvalue weighted by Crippen LogP contribution is -2.38. The molecule has 0 saturated heterocycles. The lowest BCUT2D eigenvalue weighted by Gasteiger charge is -2.11. The van der Waals surface area contributed by atoms with Gasteiger partial charge in [0, 0.05) is 17.1 Å². The van der Waals surface area contributed by atoms with Gasteiger partial charge < -0.3 is 10.6 Å². The summed E-state index contributed by atoms with van der Waals surface area (Å²) in [6, 6.07) is 0.301. The van der Waals surface area contributed by atoms with Gasteiger partial charge in [0.1, 0.15) is 5.01 Å². The first kappa shape index (κ1) is 10.4. The fourth-order valence-corrected chi connectivity index (χ4v) is 2.06. The third kappa shape index (κ3) is 2.92. The summed E-state index contributed by atoms with van der Waals surface area (Å²) in [5.41, 5.74) is 0. The van der Waals surface area contributed by atoms with E-state index >= 15 is 0 Å². The van der Waals surface area contributed by atoms with E-state index in [1.165, 1.54) is 4.88 Å². The molecule has 15 heavy (non-hydrogen) atoms. The fraction of sp³-hybridized carbons (Fsp3) is 0.600. The number of carbonyl (C=O) groups excluding carboxylic acids is 1. The molecule has 2 amide bonds. The summed E-state index contributed by atoms with van der Waals surface area (Å²) in [4.78, 5) is 16.8. The quantitative estimate of drug-likeness (QED) is 0.826. The Kier molecular flexibility index (Phi) is 2.90. The third-order valence-electron chi connectivity index (χ3n) is 2.27. The highest BCUT2D eigenvalue weighted by molar-refractivity contribution is 7.11. The molecule has 82 valence electrons. The first-order valence-corrected chi connectivity index (χ1v) is 5.96. The number of hydrogen-bond donors (Lipinski definition) is 2. The molecule has 1 saturated carbocycles. The number of amides is 2. The maximum Gasteiger partial charge on any atom is 0.315 e.